The van der Waals surface area contributed by atoms with Crippen molar-refractivity contribution in [3.63, 3.8) is 0 Å². The van der Waals surface area contributed by atoms with E-state index in [4.69, 9.17) is 5.11 Å². The molecule has 0 bridgehead atoms. The van der Waals surface area contributed by atoms with Crippen molar-refractivity contribution in [2.45, 2.75) is 26.3 Å². The highest BCUT2D eigenvalue weighted by Gasteiger charge is 2.11. The Labute approximate surface area is 111 Å². The van der Waals surface area contributed by atoms with Crippen LogP contribution in [0.25, 0.3) is 0 Å². The van der Waals surface area contributed by atoms with E-state index in [1.54, 1.807) is 6.07 Å². The van der Waals surface area contributed by atoms with E-state index in [1.165, 1.54) is 12.1 Å². The van der Waals surface area contributed by atoms with Gasteiger partial charge in [-0.05, 0) is 43.0 Å². The Morgan fingerprint density at radius 3 is 2.83 bits per heavy atom. The van der Waals surface area contributed by atoms with Crippen LogP contribution in [0, 0.1) is 5.82 Å². The largest absolute Gasteiger partial charge is 0.478 e. The van der Waals surface area contributed by atoms with Crippen LogP contribution in [0.2, 0.25) is 0 Å². The molecular formula is C13H18FNO2S. The van der Waals surface area contributed by atoms with E-state index in [1.807, 2.05) is 18.7 Å². The molecule has 0 aliphatic heterocycles. The zero-order chi connectivity index (χ0) is 13.5. The molecule has 0 aliphatic rings. The van der Waals surface area contributed by atoms with Gasteiger partial charge >= 0.3 is 5.97 Å². The highest BCUT2D eigenvalue weighted by molar-refractivity contribution is 7.99. The van der Waals surface area contributed by atoms with Crippen molar-refractivity contribution in [1.29, 1.82) is 0 Å². The third-order valence-electron chi connectivity index (χ3n) is 2.51. The van der Waals surface area contributed by atoms with Gasteiger partial charge in [0.1, 0.15) is 5.82 Å². The molecule has 0 radical (unpaired) electrons. The molecule has 1 rings (SSSR count). The Morgan fingerprint density at radius 1 is 1.56 bits per heavy atom. The van der Waals surface area contributed by atoms with Gasteiger partial charge in [0.2, 0.25) is 0 Å². The molecule has 18 heavy (non-hydrogen) atoms. The zero-order valence-electron chi connectivity index (χ0n) is 10.6. The summed E-state index contributed by atoms with van der Waals surface area (Å²) in [5.41, 5.74) is 0.321. The quantitative estimate of drug-likeness (QED) is 0.746. The molecule has 5 heteroatoms. The van der Waals surface area contributed by atoms with Gasteiger partial charge in [0.15, 0.2) is 0 Å². The van der Waals surface area contributed by atoms with Crippen molar-refractivity contribution in [2.75, 3.05) is 16.8 Å². The zero-order valence-corrected chi connectivity index (χ0v) is 11.4. The van der Waals surface area contributed by atoms with Crippen LogP contribution in [0.4, 0.5) is 10.1 Å². The van der Waals surface area contributed by atoms with Crippen LogP contribution >= 0.6 is 11.8 Å². The van der Waals surface area contributed by atoms with Crippen molar-refractivity contribution < 1.29 is 14.3 Å². The van der Waals surface area contributed by atoms with E-state index in [0.717, 1.165) is 17.9 Å². The maximum Gasteiger partial charge on any atom is 0.338 e. The monoisotopic (exact) mass is 271 g/mol. The van der Waals surface area contributed by atoms with Gasteiger partial charge in [-0.3, -0.25) is 0 Å². The van der Waals surface area contributed by atoms with Crippen molar-refractivity contribution >= 4 is 23.4 Å². The van der Waals surface area contributed by atoms with E-state index in [-0.39, 0.29) is 11.6 Å². The molecule has 100 valence electrons. The summed E-state index contributed by atoms with van der Waals surface area (Å²) >= 11 is 1.86. The normalized spacial score (nSPS) is 12.2. The second kappa shape index (κ2) is 7.26. The fourth-order valence-electron chi connectivity index (χ4n) is 1.54. The van der Waals surface area contributed by atoms with Crippen LogP contribution in [0.1, 0.15) is 30.6 Å². The Kier molecular flexibility index (Phi) is 5.98. The SMILES string of the molecule is CCSCCC(C)Nc1ccc(C(=O)O)c(F)c1. The predicted octanol–water partition coefficient (Wildman–Crippen LogP) is 3.47. The van der Waals surface area contributed by atoms with Crippen molar-refractivity contribution in [2.24, 2.45) is 0 Å². The minimum atomic E-state index is -1.24. The molecule has 2 N–H and O–H groups in total. The van der Waals surface area contributed by atoms with Gasteiger partial charge in [0, 0.05) is 11.7 Å². The number of hydrogen-bond donors (Lipinski definition) is 2. The molecule has 1 unspecified atom stereocenters. The van der Waals surface area contributed by atoms with Crippen LogP contribution in [-0.2, 0) is 0 Å². The molecule has 0 aromatic heterocycles. The van der Waals surface area contributed by atoms with Crippen LogP contribution < -0.4 is 5.32 Å². The Bertz CT molecular complexity index is 412. The lowest BCUT2D eigenvalue weighted by Gasteiger charge is -2.15. The van der Waals surface area contributed by atoms with E-state index < -0.39 is 11.8 Å². The van der Waals surface area contributed by atoms with Crippen molar-refractivity contribution in [1.82, 2.24) is 0 Å². The number of nitrogens with one attached hydrogen (secondary N) is 1. The minimum Gasteiger partial charge on any atom is -0.478 e. The third kappa shape index (κ3) is 4.56. The molecule has 0 amide bonds. The molecule has 0 saturated carbocycles. The standard InChI is InChI=1S/C13H18FNO2S/c1-3-18-7-6-9(2)15-10-4-5-11(13(16)17)12(14)8-10/h4-5,8-9,15H,3,6-7H2,1-2H3,(H,16,17). The lowest BCUT2D eigenvalue weighted by atomic mass is 10.1. The molecule has 0 fully saturated rings. The summed E-state index contributed by atoms with van der Waals surface area (Å²) in [4.78, 5) is 10.7. The number of benzene rings is 1. The molecule has 1 aromatic carbocycles. The number of aromatic carboxylic acids is 1. The highest BCUT2D eigenvalue weighted by Crippen LogP contribution is 2.16. The summed E-state index contributed by atoms with van der Waals surface area (Å²) in [7, 11) is 0. The van der Waals surface area contributed by atoms with Gasteiger partial charge in [-0.1, -0.05) is 6.92 Å². The Morgan fingerprint density at radius 2 is 2.28 bits per heavy atom. The number of anilines is 1. The molecule has 1 atom stereocenters. The fourth-order valence-corrected chi connectivity index (χ4v) is 2.35. The lowest BCUT2D eigenvalue weighted by Crippen LogP contribution is -2.16. The summed E-state index contributed by atoms with van der Waals surface area (Å²) in [5, 5.41) is 11.9. The number of rotatable bonds is 7. The molecule has 0 saturated heterocycles. The minimum absolute atomic E-state index is 0.235. The summed E-state index contributed by atoms with van der Waals surface area (Å²) < 4.78 is 13.4. The van der Waals surface area contributed by atoms with Crippen molar-refractivity contribution in [3.05, 3.63) is 29.6 Å². The first-order valence-corrected chi connectivity index (χ1v) is 7.07. The van der Waals surface area contributed by atoms with Gasteiger partial charge in [0.25, 0.3) is 0 Å². The van der Waals surface area contributed by atoms with Crippen LogP contribution in [0.5, 0.6) is 0 Å². The van der Waals surface area contributed by atoms with Gasteiger partial charge in [-0.2, -0.15) is 11.8 Å². The fraction of sp³-hybridized carbons (Fsp3) is 0.462. The van der Waals surface area contributed by atoms with Gasteiger partial charge in [-0.25, -0.2) is 9.18 Å². The smallest absolute Gasteiger partial charge is 0.338 e. The summed E-state index contributed by atoms with van der Waals surface area (Å²) in [6, 6.07) is 4.34. The molecule has 0 spiro atoms. The van der Waals surface area contributed by atoms with Gasteiger partial charge in [-0.15, -0.1) is 0 Å². The topological polar surface area (TPSA) is 49.3 Å². The van der Waals surface area contributed by atoms with Crippen LogP contribution in [0.15, 0.2) is 18.2 Å². The number of carboxylic acid groups (broad SMARTS) is 1. The lowest BCUT2D eigenvalue weighted by molar-refractivity contribution is 0.0692. The molecule has 0 heterocycles. The van der Waals surface area contributed by atoms with E-state index in [2.05, 4.69) is 12.2 Å². The maximum atomic E-state index is 13.4. The van der Waals surface area contributed by atoms with E-state index >= 15 is 0 Å². The second-order valence-electron chi connectivity index (χ2n) is 4.03. The summed E-state index contributed by atoms with van der Waals surface area (Å²) in [5.74, 6) is 0.198. The average molecular weight is 271 g/mol. The molecule has 3 nitrogen and oxygen atoms in total. The van der Waals surface area contributed by atoms with Crippen LogP contribution in [-0.4, -0.2) is 28.6 Å². The number of hydrogen-bond acceptors (Lipinski definition) is 3. The Hall–Kier alpha value is -1.23. The average Bonchev–Trinajstić information content (AvgIpc) is 2.28. The summed E-state index contributed by atoms with van der Waals surface area (Å²) in [6.45, 7) is 4.14. The second-order valence-corrected chi connectivity index (χ2v) is 5.42. The number of thioether (sulfide) groups is 1. The number of halogens is 1. The maximum absolute atomic E-state index is 13.4. The van der Waals surface area contributed by atoms with E-state index in [9.17, 15) is 9.18 Å². The summed E-state index contributed by atoms with van der Waals surface area (Å²) in [6.07, 6.45) is 0.987. The third-order valence-corrected chi connectivity index (χ3v) is 3.44. The molecular weight excluding hydrogens is 253 g/mol. The van der Waals surface area contributed by atoms with Crippen LogP contribution in [0.3, 0.4) is 0 Å². The molecule has 0 aliphatic carbocycles. The predicted molar refractivity (Wildman–Crippen MR) is 74.1 cm³/mol. The van der Waals surface area contributed by atoms with Gasteiger partial charge < -0.3 is 10.4 Å². The Balaban J connectivity index is 2.57. The first kappa shape index (κ1) is 14.8. The number of carboxylic acids is 1. The highest BCUT2D eigenvalue weighted by atomic mass is 32.2. The van der Waals surface area contributed by atoms with Crippen molar-refractivity contribution in [3.8, 4) is 0 Å². The number of carbonyl (C=O) groups is 1. The molecule has 1 aromatic rings. The van der Waals surface area contributed by atoms with Gasteiger partial charge in [0.05, 0.1) is 5.56 Å². The first-order chi connectivity index (χ1) is 8.54. The first-order valence-electron chi connectivity index (χ1n) is 5.91. The van der Waals surface area contributed by atoms with E-state index in [0.29, 0.717) is 5.69 Å².